The number of carbonyl (C=O) groups excluding carboxylic acids is 1. The third-order valence-corrected chi connectivity index (χ3v) is 2.26. The van der Waals surface area contributed by atoms with E-state index in [2.05, 4.69) is 5.32 Å². The smallest absolute Gasteiger partial charge is 0.251 e. The molecule has 0 radical (unpaired) electrons. The van der Waals surface area contributed by atoms with Crippen molar-refractivity contribution in [3.63, 3.8) is 0 Å². The average Bonchev–Trinajstić information content (AvgIpc) is 2.20. The van der Waals surface area contributed by atoms with Crippen LogP contribution in [-0.4, -0.2) is 12.5 Å². The Morgan fingerprint density at radius 2 is 2.12 bits per heavy atom. The number of carbonyl (C=O) groups is 1. The van der Waals surface area contributed by atoms with Gasteiger partial charge >= 0.3 is 0 Å². The van der Waals surface area contributed by atoms with Crippen LogP contribution in [0.4, 0.5) is 10.1 Å². The molecule has 3 nitrogen and oxygen atoms in total. The second-order valence-corrected chi connectivity index (χ2v) is 4.29. The fourth-order valence-electron chi connectivity index (χ4n) is 1.33. The monoisotopic (exact) mass is 224 g/mol. The lowest BCUT2D eigenvalue weighted by atomic mass is 10.1. The third-order valence-electron chi connectivity index (χ3n) is 2.26. The first-order valence-corrected chi connectivity index (χ1v) is 5.25. The molecule has 1 amide bonds. The SMILES string of the molecule is Cc1cc(F)c(N)cc1C(=O)NCC(C)C. The number of nitrogens with one attached hydrogen (secondary N) is 1. The van der Waals surface area contributed by atoms with E-state index in [0.29, 0.717) is 23.6 Å². The van der Waals surface area contributed by atoms with Crippen LogP contribution in [0, 0.1) is 18.7 Å². The highest BCUT2D eigenvalue weighted by Gasteiger charge is 2.12. The minimum absolute atomic E-state index is 0.000275. The molecule has 16 heavy (non-hydrogen) atoms. The van der Waals surface area contributed by atoms with Crippen molar-refractivity contribution >= 4 is 11.6 Å². The fraction of sp³-hybridized carbons (Fsp3) is 0.417. The second kappa shape index (κ2) is 4.96. The molecular formula is C12H17FN2O. The summed E-state index contributed by atoms with van der Waals surface area (Å²) in [7, 11) is 0. The fourth-order valence-corrected chi connectivity index (χ4v) is 1.33. The number of hydrogen-bond acceptors (Lipinski definition) is 2. The molecule has 0 atom stereocenters. The number of aryl methyl sites for hydroxylation is 1. The van der Waals surface area contributed by atoms with Crippen molar-refractivity contribution in [3.8, 4) is 0 Å². The van der Waals surface area contributed by atoms with Gasteiger partial charge in [-0.1, -0.05) is 13.8 Å². The van der Waals surface area contributed by atoms with Crippen LogP contribution in [0.2, 0.25) is 0 Å². The first-order valence-electron chi connectivity index (χ1n) is 5.25. The van der Waals surface area contributed by atoms with E-state index < -0.39 is 5.82 Å². The van der Waals surface area contributed by atoms with Gasteiger partial charge in [-0.25, -0.2) is 4.39 Å². The Labute approximate surface area is 94.8 Å². The molecule has 88 valence electrons. The predicted octanol–water partition coefficient (Wildman–Crippen LogP) is 2.10. The van der Waals surface area contributed by atoms with Gasteiger partial charge in [-0.3, -0.25) is 4.79 Å². The topological polar surface area (TPSA) is 55.1 Å². The quantitative estimate of drug-likeness (QED) is 0.772. The summed E-state index contributed by atoms with van der Waals surface area (Å²) in [6.45, 7) is 6.29. The standard InChI is InChI=1S/C12H17FN2O/c1-7(2)6-15-12(16)9-5-11(14)10(13)4-8(9)3/h4-5,7H,6,14H2,1-3H3,(H,15,16). The Morgan fingerprint density at radius 1 is 1.50 bits per heavy atom. The zero-order valence-electron chi connectivity index (χ0n) is 9.80. The van der Waals surface area contributed by atoms with Gasteiger partial charge in [0.05, 0.1) is 5.69 Å². The van der Waals surface area contributed by atoms with E-state index in [9.17, 15) is 9.18 Å². The first-order chi connectivity index (χ1) is 7.41. The Bertz CT molecular complexity index is 402. The minimum atomic E-state index is -0.488. The summed E-state index contributed by atoms with van der Waals surface area (Å²) < 4.78 is 13.1. The van der Waals surface area contributed by atoms with Gasteiger partial charge in [-0.15, -0.1) is 0 Å². The summed E-state index contributed by atoms with van der Waals surface area (Å²) in [5.41, 5.74) is 6.45. The number of rotatable bonds is 3. The summed E-state index contributed by atoms with van der Waals surface area (Å²) in [4.78, 5) is 11.7. The molecule has 0 spiro atoms. The van der Waals surface area contributed by atoms with Crippen molar-refractivity contribution in [1.29, 1.82) is 0 Å². The largest absolute Gasteiger partial charge is 0.396 e. The predicted molar refractivity (Wildman–Crippen MR) is 62.7 cm³/mol. The number of halogens is 1. The van der Waals surface area contributed by atoms with Gasteiger partial charge in [0.1, 0.15) is 5.82 Å². The zero-order chi connectivity index (χ0) is 12.3. The molecule has 1 rings (SSSR count). The Morgan fingerprint density at radius 3 is 2.69 bits per heavy atom. The molecule has 4 heteroatoms. The Hall–Kier alpha value is -1.58. The second-order valence-electron chi connectivity index (χ2n) is 4.29. The van der Waals surface area contributed by atoms with E-state index in [0.717, 1.165) is 0 Å². The maximum atomic E-state index is 13.1. The third kappa shape index (κ3) is 2.95. The van der Waals surface area contributed by atoms with Gasteiger partial charge in [0, 0.05) is 12.1 Å². The Kier molecular flexibility index (Phi) is 3.88. The number of amides is 1. The van der Waals surface area contributed by atoms with Crippen LogP contribution in [0.1, 0.15) is 29.8 Å². The van der Waals surface area contributed by atoms with Gasteiger partial charge in [0.2, 0.25) is 0 Å². The van der Waals surface area contributed by atoms with Crippen LogP contribution in [0.5, 0.6) is 0 Å². The van der Waals surface area contributed by atoms with Gasteiger partial charge in [-0.2, -0.15) is 0 Å². The van der Waals surface area contributed by atoms with Crippen molar-refractivity contribution < 1.29 is 9.18 Å². The van der Waals surface area contributed by atoms with Crippen molar-refractivity contribution in [2.75, 3.05) is 12.3 Å². The lowest BCUT2D eigenvalue weighted by Crippen LogP contribution is -2.28. The molecule has 0 saturated heterocycles. The molecule has 0 aliphatic carbocycles. The summed E-state index contributed by atoms with van der Waals surface area (Å²) in [5.74, 6) is -0.321. The molecule has 0 heterocycles. The molecule has 0 saturated carbocycles. The highest BCUT2D eigenvalue weighted by atomic mass is 19.1. The van der Waals surface area contributed by atoms with E-state index in [1.54, 1.807) is 6.92 Å². The molecule has 0 fully saturated rings. The minimum Gasteiger partial charge on any atom is -0.396 e. The lowest BCUT2D eigenvalue weighted by Gasteiger charge is -2.10. The van der Waals surface area contributed by atoms with E-state index in [1.165, 1.54) is 12.1 Å². The van der Waals surface area contributed by atoms with E-state index >= 15 is 0 Å². The first kappa shape index (κ1) is 12.5. The highest BCUT2D eigenvalue weighted by molar-refractivity contribution is 5.96. The van der Waals surface area contributed by atoms with Gasteiger partial charge in [-0.05, 0) is 30.5 Å². The maximum absolute atomic E-state index is 13.1. The molecule has 0 aromatic heterocycles. The number of nitrogen functional groups attached to an aromatic ring is 1. The molecule has 0 aliphatic heterocycles. The van der Waals surface area contributed by atoms with Crippen LogP contribution >= 0.6 is 0 Å². The summed E-state index contributed by atoms with van der Waals surface area (Å²) >= 11 is 0. The van der Waals surface area contributed by atoms with Gasteiger partial charge in [0.15, 0.2) is 0 Å². The molecule has 0 aliphatic rings. The van der Waals surface area contributed by atoms with Crippen LogP contribution in [-0.2, 0) is 0 Å². The van der Waals surface area contributed by atoms with Gasteiger partial charge in [0.25, 0.3) is 5.91 Å². The highest BCUT2D eigenvalue weighted by Crippen LogP contribution is 2.17. The van der Waals surface area contributed by atoms with Crippen molar-refractivity contribution in [1.82, 2.24) is 5.32 Å². The van der Waals surface area contributed by atoms with Crippen LogP contribution in [0.3, 0.4) is 0 Å². The molecular weight excluding hydrogens is 207 g/mol. The van der Waals surface area contributed by atoms with Crippen molar-refractivity contribution in [2.24, 2.45) is 5.92 Å². The number of anilines is 1. The van der Waals surface area contributed by atoms with Crippen molar-refractivity contribution in [2.45, 2.75) is 20.8 Å². The van der Waals surface area contributed by atoms with E-state index in [4.69, 9.17) is 5.73 Å². The number of benzene rings is 1. The molecule has 0 unspecified atom stereocenters. The zero-order valence-corrected chi connectivity index (χ0v) is 9.80. The van der Waals surface area contributed by atoms with Gasteiger partial charge < -0.3 is 11.1 Å². The molecule has 1 aromatic rings. The van der Waals surface area contributed by atoms with E-state index in [1.807, 2.05) is 13.8 Å². The molecule has 1 aromatic carbocycles. The number of nitrogens with two attached hydrogens (primary N) is 1. The van der Waals surface area contributed by atoms with Crippen LogP contribution < -0.4 is 11.1 Å². The normalized spacial score (nSPS) is 10.6. The van der Waals surface area contributed by atoms with Crippen LogP contribution in [0.25, 0.3) is 0 Å². The van der Waals surface area contributed by atoms with Crippen molar-refractivity contribution in [3.05, 3.63) is 29.1 Å². The average molecular weight is 224 g/mol. The molecule has 3 N–H and O–H groups in total. The maximum Gasteiger partial charge on any atom is 0.251 e. The summed E-state index contributed by atoms with van der Waals surface area (Å²) in [6, 6.07) is 2.65. The summed E-state index contributed by atoms with van der Waals surface area (Å²) in [5, 5.41) is 2.77. The Balaban J connectivity index is 2.87. The van der Waals surface area contributed by atoms with E-state index in [-0.39, 0.29) is 11.6 Å². The lowest BCUT2D eigenvalue weighted by molar-refractivity contribution is 0.0948. The van der Waals surface area contributed by atoms with Crippen LogP contribution in [0.15, 0.2) is 12.1 Å². The summed E-state index contributed by atoms with van der Waals surface area (Å²) in [6.07, 6.45) is 0. The molecule has 0 bridgehead atoms. The number of hydrogen-bond donors (Lipinski definition) is 2.